The first-order chi connectivity index (χ1) is 14.0. The first kappa shape index (κ1) is 21.0. The zero-order chi connectivity index (χ0) is 20.9. The second-order valence-electron chi connectivity index (χ2n) is 7.75. The van der Waals surface area contributed by atoms with Crippen molar-refractivity contribution in [3.63, 3.8) is 0 Å². The van der Waals surface area contributed by atoms with Crippen LogP contribution in [0.3, 0.4) is 0 Å². The molecule has 3 heteroatoms. The van der Waals surface area contributed by atoms with Gasteiger partial charge in [-0.05, 0) is 68.5 Å². The maximum Gasteiger partial charge on any atom is 0.311 e. The number of carbonyl (C=O) groups excluding carboxylic acids is 1. The number of esters is 1. The van der Waals surface area contributed by atoms with E-state index in [0.717, 1.165) is 54.7 Å². The third-order valence-electron chi connectivity index (χ3n) is 5.95. The molecule has 3 nitrogen and oxygen atoms in total. The summed E-state index contributed by atoms with van der Waals surface area (Å²) < 4.78 is 11.3. The monoisotopic (exact) mass is 390 g/mol. The Hall–Kier alpha value is -2.73. The fraction of sp³-hybridized carbons (Fsp3) is 0.423. The highest BCUT2D eigenvalue weighted by molar-refractivity contribution is 5.72. The van der Waals surface area contributed by atoms with Gasteiger partial charge in [0.1, 0.15) is 11.5 Å². The zero-order valence-corrected chi connectivity index (χ0v) is 17.9. The molecule has 0 atom stereocenters. The molecular weight excluding hydrogens is 360 g/mol. The van der Waals surface area contributed by atoms with Gasteiger partial charge in [-0.25, -0.2) is 0 Å². The number of rotatable bonds is 5. The molecule has 0 saturated heterocycles. The lowest BCUT2D eigenvalue weighted by molar-refractivity contribution is -0.134. The average Bonchev–Trinajstić information content (AvgIpc) is 2.72. The lowest BCUT2D eigenvalue weighted by Gasteiger charge is -2.38. The Kier molecular flexibility index (Phi) is 6.64. The van der Waals surface area contributed by atoms with Gasteiger partial charge in [0.15, 0.2) is 0 Å². The van der Waals surface area contributed by atoms with Crippen molar-refractivity contribution in [3.8, 4) is 23.3 Å². The molecule has 0 fully saturated rings. The van der Waals surface area contributed by atoms with Crippen molar-refractivity contribution in [1.29, 1.82) is 0 Å². The Balaban J connectivity index is 1.91. The lowest BCUT2D eigenvalue weighted by atomic mass is 9.71. The number of carbonyl (C=O) groups is 1. The van der Waals surface area contributed by atoms with Gasteiger partial charge in [0, 0.05) is 28.5 Å². The highest BCUT2D eigenvalue weighted by atomic mass is 16.5. The van der Waals surface area contributed by atoms with Crippen LogP contribution in [0, 0.1) is 18.8 Å². The van der Waals surface area contributed by atoms with E-state index in [1.165, 1.54) is 5.56 Å². The van der Waals surface area contributed by atoms with Gasteiger partial charge in [0.2, 0.25) is 0 Å². The van der Waals surface area contributed by atoms with Crippen molar-refractivity contribution >= 4 is 5.97 Å². The minimum absolute atomic E-state index is 0.172. The molecule has 1 aliphatic heterocycles. The van der Waals surface area contributed by atoms with Crippen LogP contribution in [0.1, 0.15) is 75.1 Å². The normalized spacial score (nSPS) is 14.2. The summed E-state index contributed by atoms with van der Waals surface area (Å²) in [5, 5.41) is 0. The van der Waals surface area contributed by atoms with Crippen LogP contribution in [0.2, 0.25) is 0 Å². The average molecular weight is 391 g/mol. The molecule has 0 radical (unpaired) electrons. The van der Waals surface area contributed by atoms with Crippen LogP contribution in [-0.2, 0) is 10.2 Å². The summed E-state index contributed by atoms with van der Waals surface area (Å²) in [7, 11) is 0. The van der Waals surface area contributed by atoms with Crippen molar-refractivity contribution < 1.29 is 14.3 Å². The van der Waals surface area contributed by atoms with Crippen LogP contribution in [0.25, 0.3) is 0 Å². The maximum absolute atomic E-state index is 11.7. The molecule has 152 valence electrons. The molecule has 0 bridgehead atoms. The number of aryl methyl sites for hydroxylation is 1. The van der Waals surface area contributed by atoms with Crippen LogP contribution in [0.5, 0.6) is 11.5 Å². The summed E-state index contributed by atoms with van der Waals surface area (Å²) >= 11 is 0. The summed E-state index contributed by atoms with van der Waals surface area (Å²) in [5.41, 5.74) is 4.42. The molecule has 0 aromatic heterocycles. The van der Waals surface area contributed by atoms with Crippen LogP contribution in [-0.4, -0.2) is 12.6 Å². The van der Waals surface area contributed by atoms with Crippen LogP contribution in [0.15, 0.2) is 36.4 Å². The summed E-state index contributed by atoms with van der Waals surface area (Å²) in [6.07, 6.45) is 4.44. The van der Waals surface area contributed by atoms with Gasteiger partial charge in [0.25, 0.3) is 0 Å². The van der Waals surface area contributed by atoms with Gasteiger partial charge in [-0.15, -0.1) is 0 Å². The summed E-state index contributed by atoms with van der Waals surface area (Å²) in [4.78, 5) is 11.7. The molecule has 0 spiro atoms. The Bertz CT molecular complexity index is 942. The van der Waals surface area contributed by atoms with E-state index in [2.05, 4.69) is 44.7 Å². The first-order valence-corrected chi connectivity index (χ1v) is 10.6. The lowest BCUT2D eigenvalue weighted by Crippen LogP contribution is -2.32. The van der Waals surface area contributed by atoms with Gasteiger partial charge in [-0.1, -0.05) is 38.7 Å². The van der Waals surface area contributed by atoms with Crippen molar-refractivity contribution in [1.82, 2.24) is 0 Å². The second-order valence-corrected chi connectivity index (χ2v) is 7.75. The van der Waals surface area contributed by atoms with E-state index < -0.39 is 0 Å². The summed E-state index contributed by atoms with van der Waals surface area (Å²) in [6.45, 7) is 9.33. The molecule has 29 heavy (non-hydrogen) atoms. The topological polar surface area (TPSA) is 35.5 Å². The van der Waals surface area contributed by atoms with E-state index in [0.29, 0.717) is 12.2 Å². The molecule has 0 N–H and O–H groups in total. The smallest absolute Gasteiger partial charge is 0.311 e. The maximum atomic E-state index is 11.7. The number of hydrogen-bond acceptors (Lipinski definition) is 3. The predicted octanol–water partition coefficient (Wildman–Crippen LogP) is 5.94. The Morgan fingerprint density at radius 2 is 1.93 bits per heavy atom. The molecule has 0 unspecified atom stereocenters. The third kappa shape index (κ3) is 4.65. The molecule has 0 saturated carbocycles. The Morgan fingerprint density at radius 1 is 1.14 bits per heavy atom. The minimum atomic E-state index is -0.210. The highest BCUT2D eigenvalue weighted by Crippen LogP contribution is 2.44. The Morgan fingerprint density at radius 3 is 2.66 bits per heavy atom. The van der Waals surface area contributed by atoms with E-state index in [9.17, 15) is 4.79 Å². The molecule has 0 amide bonds. The minimum Gasteiger partial charge on any atom is -0.493 e. The summed E-state index contributed by atoms with van der Waals surface area (Å²) in [6, 6.07) is 11.8. The number of hydrogen-bond donors (Lipinski definition) is 0. The molecule has 1 heterocycles. The standard InChI is InChI=1S/C26H30O3/c1-5-9-25(27)29-22-11-8-10-20(17-22)12-13-21-18-23-24(16-19(21)4)28-15-14-26(23,6-2)7-3/h8,10-11,16-18H,5-7,9,14-15H2,1-4H3. The highest BCUT2D eigenvalue weighted by Gasteiger charge is 2.35. The van der Waals surface area contributed by atoms with E-state index in [4.69, 9.17) is 9.47 Å². The van der Waals surface area contributed by atoms with Crippen molar-refractivity contribution in [2.24, 2.45) is 0 Å². The fourth-order valence-corrected chi connectivity index (χ4v) is 3.99. The molecule has 3 rings (SSSR count). The van der Waals surface area contributed by atoms with E-state index in [-0.39, 0.29) is 11.4 Å². The quantitative estimate of drug-likeness (QED) is 0.360. The first-order valence-electron chi connectivity index (χ1n) is 10.6. The predicted molar refractivity (Wildman–Crippen MR) is 117 cm³/mol. The van der Waals surface area contributed by atoms with Crippen molar-refractivity contribution in [2.75, 3.05) is 6.61 Å². The van der Waals surface area contributed by atoms with Gasteiger partial charge in [0.05, 0.1) is 6.61 Å². The third-order valence-corrected chi connectivity index (χ3v) is 5.95. The summed E-state index contributed by atoms with van der Waals surface area (Å²) in [5.74, 6) is 7.90. The van der Waals surface area contributed by atoms with Crippen LogP contribution in [0.4, 0.5) is 0 Å². The molecule has 2 aromatic carbocycles. The SMILES string of the molecule is CCCC(=O)Oc1cccc(C#Cc2cc3c(cc2C)OCCC3(CC)CC)c1. The van der Waals surface area contributed by atoms with Crippen molar-refractivity contribution in [3.05, 3.63) is 58.7 Å². The van der Waals surface area contributed by atoms with Crippen LogP contribution < -0.4 is 9.47 Å². The number of ether oxygens (including phenoxy) is 2. The van der Waals surface area contributed by atoms with Crippen LogP contribution >= 0.6 is 0 Å². The van der Waals surface area contributed by atoms with E-state index in [1.807, 2.05) is 25.1 Å². The second kappa shape index (κ2) is 9.18. The van der Waals surface area contributed by atoms with Gasteiger partial charge in [-0.3, -0.25) is 4.79 Å². The largest absolute Gasteiger partial charge is 0.493 e. The number of fused-ring (bicyclic) bond motifs is 1. The zero-order valence-electron chi connectivity index (χ0n) is 17.9. The van der Waals surface area contributed by atoms with Crippen molar-refractivity contribution in [2.45, 2.75) is 65.2 Å². The molecule has 0 aliphatic carbocycles. The fourth-order valence-electron chi connectivity index (χ4n) is 3.99. The molecular formula is C26H30O3. The van der Waals surface area contributed by atoms with Gasteiger partial charge >= 0.3 is 5.97 Å². The van der Waals surface area contributed by atoms with Gasteiger partial charge in [-0.2, -0.15) is 0 Å². The Labute approximate surface area is 174 Å². The van der Waals surface area contributed by atoms with E-state index in [1.54, 1.807) is 6.07 Å². The van der Waals surface area contributed by atoms with Gasteiger partial charge < -0.3 is 9.47 Å². The van der Waals surface area contributed by atoms with E-state index >= 15 is 0 Å². The molecule has 1 aliphatic rings. The number of benzene rings is 2. The molecule has 2 aromatic rings.